The Balaban J connectivity index is 0.000000606. The number of allylic oxidation sites excluding steroid dienone is 2. The van der Waals surface area contributed by atoms with Gasteiger partial charge in [-0.2, -0.15) is 0 Å². The summed E-state index contributed by atoms with van der Waals surface area (Å²) in [4.78, 5) is 0. The van der Waals surface area contributed by atoms with Crippen LogP contribution in [0.25, 0.3) is 16.6 Å². The summed E-state index contributed by atoms with van der Waals surface area (Å²) in [6.07, 6.45) is 2.14. The molecular formula is C15H21N. The molecule has 0 aliphatic heterocycles. The number of hydrogen-bond acceptors (Lipinski definition) is 0. The monoisotopic (exact) mass is 215 g/mol. The van der Waals surface area contributed by atoms with E-state index in [1.807, 2.05) is 13.8 Å². The van der Waals surface area contributed by atoms with Gasteiger partial charge in [-0.05, 0) is 32.9 Å². The first-order chi connectivity index (χ1) is 7.74. The van der Waals surface area contributed by atoms with Crippen molar-refractivity contribution in [2.24, 2.45) is 0 Å². The van der Waals surface area contributed by atoms with Crippen LogP contribution in [0.1, 0.15) is 33.4 Å². The van der Waals surface area contributed by atoms with Crippen molar-refractivity contribution in [1.82, 2.24) is 4.57 Å². The van der Waals surface area contributed by atoms with Gasteiger partial charge >= 0.3 is 0 Å². The third-order valence-corrected chi connectivity index (χ3v) is 2.67. The standard InChI is InChI=1S/C13H15N.C2H6/c1-4-10(2)14-11(3)9-12-7-5-6-8-13(12)14;1-2/h4-9H,1-3H3;1-2H3/b10-4+;. The first-order valence-corrected chi connectivity index (χ1v) is 5.94. The maximum atomic E-state index is 2.29. The van der Waals surface area contributed by atoms with E-state index in [0.717, 1.165) is 0 Å². The molecule has 2 rings (SSSR count). The van der Waals surface area contributed by atoms with Crippen molar-refractivity contribution in [2.75, 3.05) is 0 Å². The van der Waals surface area contributed by atoms with Gasteiger partial charge in [0.1, 0.15) is 0 Å². The van der Waals surface area contributed by atoms with Gasteiger partial charge in [0.25, 0.3) is 0 Å². The Morgan fingerprint density at radius 1 is 1.19 bits per heavy atom. The maximum absolute atomic E-state index is 2.29. The van der Waals surface area contributed by atoms with Gasteiger partial charge in [-0.15, -0.1) is 0 Å². The lowest BCUT2D eigenvalue weighted by atomic mass is 10.2. The summed E-state index contributed by atoms with van der Waals surface area (Å²) < 4.78 is 2.29. The van der Waals surface area contributed by atoms with E-state index in [1.165, 1.54) is 22.3 Å². The molecule has 0 N–H and O–H groups in total. The molecule has 0 saturated carbocycles. The average molecular weight is 215 g/mol. The molecule has 1 nitrogen and oxygen atoms in total. The van der Waals surface area contributed by atoms with Gasteiger partial charge in [-0.25, -0.2) is 0 Å². The van der Waals surface area contributed by atoms with Crippen molar-refractivity contribution in [3.8, 4) is 0 Å². The van der Waals surface area contributed by atoms with Crippen molar-refractivity contribution in [2.45, 2.75) is 34.6 Å². The van der Waals surface area contributed by atoms with E-state index in [2.05, 4.69) is 61.7 Å². The highest BCUT2D eigenvalue weighted by atomic mass is 15.0. The number of benzene rings is 1. The van der Waals surface area contributed by atoms with Gasteiger partial charge in [-0.3, -0.25) is 0 Å². The Morgan fingerprint density at radius 2 is 1.81 bits per heavy atom. The molecule has 0 radical (unpaired) electrons. The fourth-order valence-electron chi connectivity index (χ4n) is 1.89. The second-order valence-corrected chi connectivity index (χ2v) is 3.61. The first kappa shape index (κ1) is 12.6. The van der Waals surface area contributed by atoms with Crippen LogP contribution in [0.2, 0.25) is 0 Å². The summed E-state index contributed by atoms with van der Waals surface area (Å²) in [5.41, 5.74) is 3.87. The number of rotatable bonds is 1. The van der Waals surface area contributed by atoms with Crippen LogP contribution in [-0.2, 0) is 0 Å². The maximum Gasteiger partial charge on any atom is 0.0527 e. The van der Waals surface area contributed by atoms with Crippen molar-refractivity contribution in [1.29, 1.82) is 0 Å². The van der Waals surface area contributed by atoms with Crippen LogP contribution in [0.5, 0.6) is 0 Å². The number of hydrogen-bond donors (Lipinski definition) is 0. The van der Waals surface area contributed by atoms with E-state index in [4.69, 9.17) is 0 Å². The molecule has 1 heteroatoms. The molecule has 0 bridgehead atoms. The summed E-state index contributed by atoms with van der Waals surface area (Å²) >= 11 is 0. The summed E-state index contributed by atoms with van der Waals surface area (Å²) in [7, 11) is 0. The quantitative estimate of drug-likeness (QED) is 0.640. The molecule has 1 aromatic carbocycles. The minimum Gasteiger partial charge on any atom is -0.318 e. The summed E-state index contributed by atoms with van der Waals surface area (Å²) in [6.45, 7) is 10.4. The van der Waals surface area contributed by atoms with E-state index in [1.54, 1.807) is 0 Å². The van der Waals surface area contributed by atoms with Gasteiger partial charge in [-0.1, -0.05) is 38.1 Å². The lowest BCUT2D eigenvalue weighted by molar-refractivity contribution is 1.07. The SMILES string of the molecule is C/C=C(\C)n1c(C)cc2ccccc21.CC. The number of aryl methyl sites for hydroxylation is 1. The van der Waals surface area contributed by atoms with Gasteiger partial charge in [0.2, 0.25) is 0 Å². The third-order valence-electron chi connectivity index (χ3n) is 2.67. The Kier molecular flexibility index (Phi) is 4.36. The molecule has 0 fully saturated rings. The molecular weight excluding hydrogens is 194 g/mol. The van der Waals surface area contributed by atoms with Crippen LogP contribution in [0.4, 0.5) is 0 Å². The smallest absolute Gasteiger partial charge is 0.0527 e. The number of para-hydroxylation sites is 1. The Bertz CT molecular complexity index is 489. The second kappa shape index (κ2) is 5.55. The fourth-order valence-corrected chi connectivity index (χ4v) is 1.89. The van der Waals surface area contributed by atoms with Crippen LogP contribution in [0.15, 0.2) is 36.4 Å². The second-order valence-electron chi connectivity index (χ2n) is 3.61. The Morgan fingerprint density at radius 3 is 2.44 bits per heavy atom. The average Bonchev–Trinajstić information content (AvgIpc) is 2.66. The minimum atomic E-state index is 1.28. The predicted octanol–water partition coefficient (Wildman–Crippen LogP) is 4.86. The van der Waals surface area contributed by atoms with Gasteiger partial charge in [0, 0.05) is 16.8 Å². The molecule has 16 heavy (non-hydrogen) atoms. The highest BCUT2D eigenvalue weighted by Gasteiger charge is 2.04. The van der Waals surface area contributed by atoms with Gasteiger partial charge in [0.05, 0.1) is 5.52 Å². The normalized spacial score (nSPS) is 11.2. The first-order valence-electron chi connectivity index (χ1n) is 5.94. The molecule has 0 spiro atoms. The van der Waals surface area contributed by atoms with Crippen LogP contribution in [0, 0.1) is 6.92 Å². The lowest BCUT2D eigenvalue weighted by Gasteiger charge is -2.07. The van der Waals surface area contributed by atoms with Crippen LogP contribution in [0.3, 0.4) is 0 Å². The number of aromatic nitrogens is 1. The molecule has 0 aliphatic rings. The van der Waals surface area contributed by atoms with Gasteiger partial charge < -0.3 is 4.57 Å². The zero-order chi connectivity index (χ0) is 12.1. The molecule has 86 valence electrons. The molecule has 0 unspecified atom stereocenters. The Labute approximate surface area is 98.4 Å². The highest BCUT2D eigenvalue weighted by molar-refractivity contribution is 5.84. The summed E-state index contributed by atoms with van der Waals surface area (Å²) in [5.74, 6) is 0. The van der Waals surface area contributed by atoms with Gasteiger partial charge in [0.15, 0.2) is 0 Å². The van der Waals surface area contributed by atoms with E-state index in [-0.39, 0.29) is 0 Å². The molecule has 0 atom stereocenters. The lowest BCUT2D eigenvalue weighted by Crippen LogP contribution is -1.94. The molecule has 2 aromatic rings. The van der Waals surface area contributed by atoms with Crippen molar-refractivity contribution >= 4 is 16.6 Å². The summed E-state index contributed by atoms with van der Waals surface area (Å²) in [6, 6.07) is 10.7. The largest absolute Gasteiger partial charge is 0.318 e. The highest BCUT2D eigenvalue weighted by Crippen LogP contribution is 2.22. The van der Waals surface area contributed by atoms with E-state index in [9.17, 15) is 0 Å². The van der Waals surface area contributed by atoms with E-state index in [0.29, 0.717) is 0 Å². The molecule has 1 heterocycles. The van der Waals surface area contributed by atoms with E-state index < -0.39 is 0 Å². The molecule has 0 saturated heterocycles. The molecule has 0 amide bonds. The van der Waals surface area contributed by atoms with Crippen molar-refractivity contribution in [3.05, 3.63) is 42.1 Å². The third kappa shape index (κ3) is 2.19. The van der Waals surface area contributed by atoms with Crippen LogP contribution >= 0.6 is 0 Å². The predicted molar refractivity (Wildman–Crippen MR) is 73.6 cm³/mol. The fraction of sp³-hybridized carbons (Fsp3) is 0.333. The zero-order valence-electron chi connectivity index (χ0n) is 10.9. The molecule has 0 aliphatic carbocycles. The number of nitrogens with zero attached hydrogens (tertiary/aromatic N) is 1. The Hall–Kier alpha value is -1.50. The summed E-state index contributed by atoms with van der Waals surface area (Å²) in [5, 5.41) is 1.31. The minimum absolute atomic E-state index is 1.28. The number of fused-ring (bicyclic) bond motifs is 1. The topological polar surface area (TPSA) is 4.93 Å². The van der Waals surface area contributed by atoms with Crippen molar-refractivity contribution < 1.29 is 0 Å². The molecule has 1 aromatic heterocycles. The van der Waals surface area contributed by atoms with Crippen LogP contribution < -0.4 is 0 Å². The zero-order valence-corrected chi connectivity index (χ0v) is 10.9. The van der Waals surface area contributed by atoms with E-state index >= 15 is 0 Å². The van der Waals surface area contributed by atoms with Crippen molar-refractivity contribution in [3.63, 3.8) is 0 Å². The van der Waals surface area contributed by atoms with Crippen LogP contribution in [-0.4, -0.2) is 4.57 Å².